The number of anilines is 2. The van der Waals surface area contributed by atoms with Gasteiger partial charge in [-0.2, -0.15) is 4.31 Å². The van der Waals surface area contributed by atoms with E-state index in [4.69, 9.17) is 14.2 Å². The Kier molecular flexibility index (Phi) is 10.3. The number of aliphatic hydroxyl groups is 1. The van der Waals surface area contributed by atoms with Gasteiger partial charge in [0.2, 0.25) is 10.0 Å². The Bertz CT molecular complexity index is 1560. The number of fused-ring (bicyclic) bond motifs is 1. The molecule has 1 heterocycles. The van der Waals surface area contributed by atoms with E-state index in [9.17, 15) is 23.1 Å². The fraction of sp³-hybridized carbons (Fsp3) is 0.355. The van der Waals surface area contributed by atoms with Gasteiger partial charge in [-0.25, -0.2) is 13.2 Å². The van der Waals surface area contributed by atoms with E-state index in [1.54, 1.807) is 62.6 Å². The van der Waals surface area contributed by atoms with Gasteiger partial charge in [0.15, 0.2) is 0 Å². The molecule has 0 unspecified atom stereocenters. The Morgan fingerprint density at radius 3 is 2.18 bits per heavy atom. The highest BCUT2D eigenvalue weighted by molar-refractivity contribution is 7.89. The summed E-state index contributed by atoms with van der Waals surface area (Å²) < 4.78 is 44.6. The monoisotopic (exact) mass is 626 g/mol. The lowest BCUT2D eigenvalue weighted by molar-refractivity contribution is 0.0387. The summed E-state index contributed by atoms with van der Waals surface area (Å²) in [6, 6.07) is 16.6. The van der Waals surface area contributed by atoms with Crippen LogP contribution in [-0.4, -0.2) is 87.8 Å². The van der Waals surface area contributed by atoms with Crippen molar-refractivity contribution in [3.05, 3.63) is 72.3 Å². The average molecular weight is 627 g/mol. The number of hydrogen-bond acceptors (Lipinski definition) is 8. The molecule has 3 N–H and O–H groups in total. The topological polar surface area (TPSA) is 147 Å². The highest BCUT2D eigenvalue weighted by Gasteiger charge is 2.35. The number of aliphatic hydroxyl groups excluding tert-OH is 1. The highest BCUT2D eigenvalue weighted by Crippen LogP contribution is 2.31. The molecule has 13 heteroatoms. The summed E-state index contributed by atoms with van der Waals surface area (Å²) in [7, 11) is 0.663. The van der Waals surface area contributed by atoms with E-state index in [-0.39, 0.29) is 47.7 Å². The lowest BCUT2D eigenvalue weighted by atomic mass is 9.99. The van der Waals surface area contributed by atoms with Crippen molar-refractivity contribution in [3.63, 3.8) is 0 Å². The molecule has 3 amide bonds. The molecule has 0 saturated heterocycles. The van der Waals surface area contributed by atoms with Gasteiger partial charge < -0.3 is 34.9 Å². The van der Waals surface area contributed by atoms with Crippen LogP contribution in [0, 0.1) is 5.92 Å². The molecular formula is C31H38N4O8S. The van der Waals surface area contributed by atoms with Gasteiger partial charge in [0.25, 0.3) is 5.91 Å². The Labute approximate surface area is 257 Å². The second kappa shape index (κ2) is 14.0. The maximum absolute atomic E-state index is 13.7. The van der Waals surface area contributed by atoms with E-state index in [2.05, 4.69) is 10.6 Å². The van der Waals surface area contributed by atoms with Gasteiger partial charge in [-0.15, -0.1) is 0 Å². The van der Waals surface area contributed by atoms with Gasteiger partial charge in [-0.3, -0.25) is 4.79 Å². The Balaban J connectivity index is 1.59. The maximum Gasteiger partial charge on any atom is 0.323 e. The van der Waals surface area contributed by atoms with E-state index in [0.717, 1.165) is 0 Å². The number of carbonyl (C=O) groups is 2. The van der Waals surface area contributed by atoms with Crippen molar-refractivity contribution in [1.29, 1.82) is 0 Å². The summed E-state index contributed by atoms with van der Waals surface area (Å²) in [5, 5.41) is 15.4. The molecule has 12 nitrogen and oxygen atoms in total. The van der Waals surface area contributed by atoms with Crippen molar-refractivity contribution < 1.29 is 37.3 Å². The molecule has 3 atom stereocenters. The average Bonchev–Trinajstić information content (AvgIpc) is 3.02. The van der Waals surface area contributed by atoms with Crippen LogP contribution < -0.4 is 24.8 Å². The van der Waals surface area contributed by atoms with Gasteiger partial charge in [-0.05, 0) is 73.7 Å². The minimum atomic E-state index is -3.86. The lowest BCUT2D eigenvalue weighted by Gasteiger charge is -2.38. The Morgan fingerprint density at radius 2 is 1.59 bits per heavy atom. The summed E-state index contributed by atoms with van der Waals surface area (Å²) in [6.45, 7) is 3.53. The van der Waals surface area contributed by atoms with E-state index < -0.39 is 28.2 Å². The predicted molar refractivity (Wildman–Crippen MR) is 166 cm³/mol. The van der Waals surface area contributed by atoms with Crippen molar-refractivity contribution in [2.45, 2.75) is 30.9 Å². The van der Waals surface area contributed by atoms with E-state index >= 15 is 0 Å². The van der Waals surface area contributed by atoms with Crippen LogP contribution in [0.1, 0.15) is 24.2 Å². The Hall–Kier alpha value is -4.33. The molecule has 0 spiro atoms. The normalized spacial score (nSPS) is 17.5. The molecule has 0 fully saturated rings. The molecule has 4 rings (SSSR count). The third-order valence-electron chi connectivity index (χ3n) is 7.48. The first-order chi connectivity index (χ1) is 21.0. The summed E-state index contributed by atoms with van der Waals surface area (Å²) in [6.07, 6.45) is -0.648. The van der Waals surface area contributed by atoms with Gasteiger partial charge in [0, 0.05) is 30.9 Å². The third-order valence-corrected chi connectivity index (χ3v) is 9.31. The zero-order valence-corrected chi connectivity index (χ0v) is 26.1. The number of nitrogens with zero attached hydrogens (tertiary/aromatic N) is 2. The number of likely N-dealkylation sites (N-methyl/N-ethyl adjacent to an activating group) is 1. The molecule has 236 valence electrons. The van der Waals surface area contributed by atoms with Crippen LogP contribution >= 0.6 is 0 Å². The quantitative estimate of drug-likeness (QED) is 0.307. The zero-order chi connectivity index (χ0) is 32.0. The molecule has 0 radical (unpaired) electrons. The van der Waals surface area contributed by atoms with Gasteiger partial charge in [0.05, 0.1) is 43.9 Å². The van der Waals surface area contributed by atoms with Crippen molar-refractivity contribution >= 4 is 33.3 Å². The first kappa shape index (κ1) is 32.6. The molecule has 3 aromatic carbocycles. The van der Waals surface area contributed by atoms with Crippen molar-refractivity contribution in [3.8, 4) is 17.2 Å². The van der Waals surface area contributed by atoms with Gasteiger partial charge >= 0.3 is 6.03 Å². The fourth-order valence-corrected chi connectivity index (χ4v) is 5.95. The van der Waals surface area contributed by atoms with Crippen LogP contribution in [0.5, 0.6) is 17.2 Å². The highest BCUT2D eigenvalue weighted by atomic mass is 32.2. The number of nitrogens with one attached hydrogen (secondary N) is 2. The smallest absolute Gasteiger partial charge is 0.323 e. The van der Waals surface area contributed by atoms with Crippen LogP contribution in [0.15, 0.2) is 71.6 Å². The summed E-state index contributed by atoms with van der Waals surface area (Å²) in [5.41, 5.74) is 1.06. The standard InChI is InChI=1S/C31H38N4O8S/c1-20-17-35(21(2)19-36)30(37)27-16-23(33-31(38)32-22-6-9-24(41-4)10-7-22)8-15-28(27)43-29(20)18-34(3)44(39,40)26-13-11-25(42-5)12-14-26/h6-16,20-21,29,36H,17-19H2,1-5H3,(H2,32,33,38)/t20-,21-,29-/m0/s1. The van der Waals surface area contributed by atoms with Crippen LogP contribution in [-0.2, 0) is 10.0 Å². The van der Waals surface area contributed by atoms with E-state index in [1.807, 2.05) is 6.92 Å². The number of hydrogen-bond donors (Lipinski definition) is 3. The number of rotatable bonds is 10. The van der Waals surface area contributed by atoms with Gasteiger partial charge in [-0.1, -0.05) is 6.92 Å². The van der Waals surface area contributed by atoms with E-state index in [0.29, 0.717) is 22.9 Å². The molecule has 3 aromatic rings. The summed E-state index contributed by atoms with van der Waals surface area (Å²) in [5.74, 6) is 0.732. The minimum Gasteiger partial charge on any atom is -0.497 e. The molecule has 0 bridgehead atoms. The number of ether oxygens (including phenoxy) is 3. The van der Waals surface area contributed by atoms with Gasteiger partial charge in [0.1, 0.15) is 23.4 Å². The zero-order valence-electron chi connectivity index (χ0n) is 25.3. The lowest BCUT2D eigenvalue weighted by Crippen LogP contribution is -2.50. The third kappa shape index (κ3) is 7.41. The molecule has 1 aliphatic rings. The van der Waals surface area contributed by atoms with Crippen molar-refractivity contribution in [2.24, 2.45) is 5.92 Å². The number of carbonyl (C=O) groups excluding carboxylic acids is 2. The summed E-state index contributed by atoms with van der Waals surface area (Å²) >= 11 is 0. The first-order valence-corrected chi connectivity index (χ1v) is 15.5. The second-order valence-electron chi connectivity index (χ2n) is 10.6. The SMILES string of the molecule is COc1ccc(NC(=O)Nc2ccc3c(c2)C(=O)N([C@@H](C)CO)C[C@H](C)[C@H](CN(C)S(=O)(=O)c2ccc(OC)cc2)O3)cc1. The molecule has 1 aliphatic heterocycles. The molecule has 0 aromatic heterocycles. The number of amides is 3. The van der Waals surface area contributed by atoms with Crippen LogP contribution in [0.4, 0.5) is 16.2 Å². The number of benzene rings is 3. The fourth-order valence-electron chi connectivity index (χ4n) is 4.77. The molecule has 44 heavy (non-hydrogen) atoms. The minimum absolute atomic E-state index is 0.00518. The van der Waals surface area contributed by atoms with E-state index in [1.165, 1.54) is 41.6 Å². The molecular weight excluding hydrogens is 588 g/mol. The van der Waals surface area contributed by atoms with Crippen molar-refractivity contribution in [1.82, 2.24) is 9.21 Å². The number of sulfonamides is 1. The predicted octanol–water partition coefficient (Wildman–Crippen LogP) is 3.89. The van der Waals surface area contributed by atoms with Crippen LogP contribution in [0.25, 0.3) is 0 Å². The molecule has 0 saturated carbocycles. The number of methoxy groups -OCH3 is 2. The Morgan fingerprint density at radius 1 is 1.02 bits per heavy atom. The summed E-state index contributed by atoms with van der Waals surface area (Å²) in [4.78, 5) is 28.1. The van der Waals surface area contributed by atoms with Crippen LogP contribution in [0.2, 0.25) is 0 Å². The largest absolute Gasteiger partial charge is 0.497 e. The molecule has 0 aliphatic carbocycles. The maximum atomic E-state index is 13.7. The van der Waals surface area contributed by atoms with Crippen molar-refractivity contribution in [2.75, 3.05) is 51.6 Å². The second-order valence-corrected chi connectivity index (χ2v) is 12.6. The van der Waals surface area contributed by atoms with Crippen LogP contribution in [0.3, 0.4) is 0 Å². The first-order valence-electron chi connectivity index (χ1n) is 14.0. The number of urea groups is 1.